The highest BCUT2D eigenvalue weighted by molar-refractivity contribution is 5.92. The number of hydrogen-bond donors (Lipinski definition) is 0. The van der Waals surface area contributed by atoms with Crippen LogP contribution in [-0.2, 0) is 13.6 Å². The van der Waals surface area contributed by atoms with Crippen molar-refractivity contribution in [1.29, 1.82) is 0 Å². The maximum atomic E-state index is 12.3. The summed E-state index contributed by atoms with van der Waals surface area (Å²) in [4.78, 5) is 14.0. The van der Waals surface area contributed by atoms with Gasteiger partial charge in [-0.05, 0) is 29.8 Å². The minimum Gasteiger partial charge on any atom is -0.336 e. The zero-order chi connectivity index (χ0) is 15.5. The van der Waals surface area contributed by atoms with Gasteiger partial charge in [-0.25, -0.2) is 4.68 Å². The highest BCUT2D eigenvalue weighted by Crippen LogP contribution is 2.11. The van der Waals surface area contributed by atoms with E-state index in [9.17, 15) is 4.79 Å². The third-order valence-electron chi connectivity index (χ3n) is 3.51. The summed E-state index contributed by atoms with van der Waals surface area (Å²) in [6.07, 6.45) is 5.27. The van der Waals surface area contributed by atoms with Crippen molar-refractivity contribution in [3.63, 3.8) is 0 Å². The van der Waals surface area contributed by atoms with Crippen LogP contribution in [0.15, 0.2) is 55.0 Å². The van der Waals surface area contributed by atoms with Gasteiger partial charge in [-0.2, -0.15) is 10.2 Å². The third-order valence-corrected chi connectivity index (χ3v) is 3.51. The Labute approximate surface area is 128 Å². The second-order valence-corrected chi connectivity index (χ2v) is 5.12. The van der Waals surface area contributed by atoms with E-state index in [0.29, 0.717) is 12.2 Å². The van der Waals surface area contributed by atoms with Crippen molar-refractivity contribution in [2.24, 2.45) is 7.05 Å². The van der Waals surface area contributed by atoms with Crippen molar-refractivity contribution in [2.45, 2.75) is 6.54 Å². The SMILES string of the molecule is CN(Cc1ccc(-n2cccn2)cc1)C(=O)c1ccnn1C. The topological polar surface area (TPSA) is 56.0 Å². The van der Waals surface area contributed by atoms with Gasteiger partial charge >= 0.3 is 0 Å². The largest absolute Gasteiger partial charge is 0.336 e. The van der Waals surface area contributed by atoms with Crippen LogP contribution in [0.2, 0.25) is 0 Å². The molecule has 0 unspecified atom stereocenters. The van der Waals surface area contributed by atoms with E-state index >= 15 is 0 Å². The molecule has 0 aliphatic rings. The van der Waals surface area contributed by atoms with Crippen molar-refractivity contribution >= 4 is 5.91 Å². The lowest BCUT2D eigenvalue weighted by Crippen LogP contribution is -2.28. The molecule has 2 aromatic heterocycles. The minimum absolute atomic E-state index is 0.0452. The van der Waals surface area contributed by atoms with Gasteiger partial charge in [-0.15, -0.1) is 0 Å². The highest BCUT2D eigenvalue weighted by Gasteiger charge is 2.15. The molecule has 0 aliphatic carbocycles. The van der Waals surface area contributed by atoms with Gasteiger partial charge in [0, 0.05) is 39.2 Å². The average Bonchev–Trinajstić information content (AvgIpc) is 3.18. The van der Waals surface area contributed by atoms with Crippen molar-refractivity contribution in [1.82, 2.24) is 24.5 Å². The fraction of sp³-hybridized carbons (Fsp3) is 0.188. The predicted octanol–water partition coefficient (Wildman–Crippen LogP) is 1.88. The van der Waals surface area contributed by atoms with Crippen LogP contribution in [-0.4, -0.2) is 37.4 Å². The molecule has 0 N–H and O–H groups in total. The smallest absolute Gasteiger partial charge is 0.272 e. The first-order chi connectivity index (χ1) is 10.6. The van der Waals surface area contributed by atoms with E-state index in [2.05, 4.69) is 10.2 Å². The van der Waals surface area contributed by atoms with E-state index in [0.717, 1.165) is 11.3 Å². The fourth-order valence-electron chi connectivity index (χ4n) is 2.30. The summed E-state index contributed by atoms with van der Waals surface area (Å²) in [5.41, 5.74) is 2.64. The number of hydrogen-bond acceptors (Lipinski definition) is 3. The van der Waals surface area contributed by atoms with E-state index in [4.69, 9.17) is 0 Å². The first kappa shape index (κ1) is 14.1. The zero-order valence-electron chi connectivity index (χ0n) is 12.5. The van der Waals surface area contributed by atoms with Crippen LogP contribution in [0, 0.1) is 0 Å². The van der Waals surface area contributed by atoms with Gasteiger partial charge in [-0.1, -0.05) is 12.1 Å². The quantitative estimate of drug-likeness (QED) is 0.738. The fourth-order valence-corrected chi connectivity index (χ4v) is 2.30. The summed E-state index contributed by atoms with van der Waals surface area (Å²) in [5, 5.41) is 8.22. The van der Waals surface area contributed by atoms with Crippen molar-refractivity contribution in [3.05, 3.63) is 66.2 Å². The molecular formula is C16H17N5O. The lowest BCUT2D eigenvalue weighted by molar-refractivity contribution is 0.0774. The molecule has 3 rings (SSSR count). The maximum absolute atomic E-state index is 12.3. The normalized spacial score (nSPS) is 10.6. The summed E-state index contributed by atoms with van der Waals surface area (Å²) in [6, 6.07) is 11.6. The Morgan fingerprint density at radius 2 is 1.91 bits per heavy atom. The Hall–Kier alpha value is -2.89. The Balaban J connectivity index is 1.70. The number of carbonyl (C=O) groups is 1. The molecule has 0 aliphatic heterocycles. The molecule has 0 saturated carbocycles. The summed E-state index contributed by atoms with van der Waals surface area (Å²) in [7, 11) is 3.55. The molecule has 0 saturated heterocycles. The van der Waals surface area contributed by atoms with Gasteiger partial charge in [0.1, 0.15) is 5.69 Å². The lowest BCUT2D eigenvalue weighted by atomic mass is 10.2. The van der Waals surface area contributed by atoms with E-state index in [-0.39, 0.29) is 5.91 Å². The molecule has 0 bridgehead atoms. The van der Waals surface area contributed by atoms with Crippen LogP contribution in [0.3, 0.4) is 0 Å². The van der Waals surface area contributed by atoms with Crippen LogP contribution < -0.4 is 0 Å². The number of carbonyl (C=O) groups excluding carboxylic acids is 1. The molecule has 0 fully saturated rings. The van der Waals surface area contributed by atoms with Crippen LogP contribution in [0.1, 0.15) is 16.1 Å². The molecule has 112 valence electrons. The van der Waals surface area contributed by atoms with E-state index < -0.39 is 0 Å². The standard InChI is InChI=1S/C16H17N5O/c1-19(16(22)15-8-10-17-20(15)2)12-13-4-6-14(7-5-13)21-11-3-9-18-21/h3-11H,12H2,1-2H3. The molecule has 1 aromatic carbocycles. The monoisotopic (exact) mass is 295 g/mol. The Morgan fingerprint density at radius 1 is 1.14 bits per heavy atom. The van der Waals surface area contributed by atoms with E-state index in [1.807, 2.05) is 36.5 Å². The molecular weight excluding hydrogens is 278 g/mol. The highest BCUT2D eigenvalue weighted by atomic mass is 16.2. The maximum Gasteiger partial charge on any atom is 0.272 e. The van der Waals surface area contributed by atoms with Gasteiger partial charge in [0.2, 0.25) is 0 Å². The predicted molar refractivity (Wildman–Crippen MR) is 82.6 cm³/mol. The van der Waals surface area contributed by atoms with Crippen LogP contribution in [0.4, 0.5) is 0 Å². The molecule has 0 radical (unpaired) electrons. The molecule has 6 nitrogen and oxygen atoms in total. The Morgan fingerprint density at radius 3 is 2.50 bits per heavy atom. The zero-order valence-corrected chi connectivity index (χ0v) is 12.5. The van der Waals surface area contributed by atoms with Gasteiger partial charge in [0.15, 0.2) is 0 Å². The number of rotatable bonds is 4. The van der Waals surface area contributed by atoms with Gasteiger partial charge < -0.3 is 4.90 Å². The molecule has 22 heavy (non-hydrogen) atoms. The molecule has 3 aromatic rings. The van der Waals surface area contributed by atoms with Crippen LogP contribution in [0.25, 0.3) is 5.69 Å². The molecule has 6 heteroatoms. The number of benzene rings is 1. The Kier molecular flexibility index (Phi) is 3.74. The third kappa shape index (κ3) is 2.76. The number of amides is 1. The molecule has 0 atom stereocenters. The summed E-state index contributed by atoms with van der Waals surface area (Å²) in [6.45, 7) is 0.545. The summed E-state index contributed by atoms with van der Waals surface area (Å²) in [5.74, 6) is -0.0452. The minimum atomic E-state index is -0.0452. The molecule has 2 heterocycles. The number of aromatic nitrogens is 4. The molecule has 0 spiro atoms. The van der Waals surface area contributed by atoms with E-state index in [1.54, 1.807) is 46.8 Å². The number of aryl methyl sites for hydroxylation is 1. The summed E-state index contributed by atoms with van der Waals surface area (Å²) >= 11 is 0. The van der Waals surface area contributed by atoms with E-state index in [1.165, 1.54) is 0 Å². The van der Waals surface area contributed by atoms with Gasteiger partial charge in [0.05, 0.1) is 5.69 Å². The Bertz CT molecular complexity index is 758. The number of nitrogens with zero attached hydrogens (tertiary/aromatic N) is 5. The van der Waals surface area contributed by atoms with Crippen molar-refractivity contribution < 1.29 is 4.79 Å². The van der Waals surface area contributed by atoms with Crippen molar-refractivity contribution in [3.8, 4) is 5.69 Å². The first-order valence-corrected chi connectivity index (χ1v) is 6.97. The average molecular weight is 295 g/mol. The van der Waals surface area contributed by atoms with Crippen LogP contribution >= 0.6 is 0 Å². The van der Waals surface area contributed by atoms with Crippen molar-refractivity contribution in [2.75, 3.05) is 7.05 Å². The lowest BCUT2D eigenvalue weighted by Gasteiger charge is -2.17. The first-order valence-electron chi connectivity index (χ1n) is 6.97. The molecule has 1 amide bonds. The van der Waals surface area contributed by atoms with Gasteiger partial charge in [0.25, 0.3) is 5.91 Å². The van der Waals surface area contributed by atoms with Gasteiger partial charge in [-0.3, -0.25) is 9.48 Å². The summed E-state index contributed by atoms with van der Waals surface area (Å²) < 4.78 is 3.38. The van der Waals surface area contributed by atoms with Crippen LogP contribution in [0.5, 0.6) is 0 Å². The second-order valence-electron chi connectivity index (χ2n) is 5.12. The second kappa shape index (κ2) is 5.85.